The molecule has 0 bridgehead atoms. The van der Waals surface area contributed by atoms with Gasteiger partial charge in [-0.15, -0.1) is 0 Å². The zero-order chi connectivity index (χ0) is 11.8. The molecule has 90 valence electrons. The second-order valence-corrected chi connectivity index (χ2v) is 4.42. The SMILES string of the molecule is CN1CCC(Nc2cc3n[nH]c(=O)n3cn2)C1. The van der Waals surface area contributed by atoms with E-state index >= 15 is 0 Å². The van der Waals surface area contributed by atoms with E-state index < -0.39 is 0 Å². The minimum absolute atomic E-state index is 0.264. The van der Waals surface area contributed by atoms with E-state index in [0.717, 1.165) is 25.3 Å². The van der Waals surface area contributed by atoms with Gasteiger partial charge >= 0.3 is 5.69 Å². The summed E-state index contributed by atoms with van der Waals surface area (Å²) in [5, 5.41) is 9.64. The fraction of sp³-hybridized carbons (Fsp3) is 0.500. The first-order valence-corrected chi connectivity index (χ1v) is 5.60. The van der Waals surface area contributed by atoms with E-state index in [2.05, 4.69) is 32.4 Å². The van der Waals surface area contributed by atoms with Crippen LogP contribution >= 0.6 is 0 Å². The van der Waals surface area contributed by atoms with Gasteiger partial charge in [0.15, 0.2) is 5.65 Å². The molecule has 7 nitrogen and oxygen atoms in total. The Morgan fingerprint density at radius 3 is 3.24 bits per heavy atom. The maximum atomic E-state index is 11.3. The molecule has 2 N–H and O–H groups in total. The van der Waals surface area contributed by atoms with Gasteiger partial charge in [0.1, 0.15) is 12.1 Å². The van der Waals surface area contributed by atoms with Crippen molar-refractivity contribution in [2.24, 2.45) is 0 Å². The molecule has 2 aromatic rings. The van der Waals surface area contributed by atoms with Crippen molar-refractivity contribution in [1.29, 1.82) is 0 Å². The topological polar surface area (TPSA) is 78.3 Å². The zero-order valence-electron chi connectivity index (χ0n) is 9.55. The number of rotatable bonds is 2. The Morgan fingerprint density at radius 2 is 2.47 bits per heavy atom. The van der Waals surface area contributed by atoms with Crippen LogP contribution in [0.15, 0.2) is 17.2 Å². The van der Waals surface area contributed by atoms with Crippen LogP contribution in [0.5, 0.6) is 0 Å². The van der Waals surface area contributed by atoms with Gasteiger partial charge in [-0.1, -0.05) is 0 Å². The van der Waals surface area contributed by atoms with Crippen LogP contribution in [0, 0.1) is 0 Å². The van der Waals surface area contributed by atoms with Gasteiger partial charge in [-0.25, -0.2) is 19.3 Å². The first kappa shape index (κ1) is 10.3. The van der Waals surface area contributed by atoms with Crippen LogP contribution < -0.4 is 11.0 Å². The second kappa shape index (κ2) is 3.85. The van der Waals surface area contributed by atoms with Gasteiger partial charge in [-0.05, 0) is 20.0 Å². The summed E-state index contributed by atoms with van der Waals surface area (Å²) >= 11 is 0. The minimum atomic E-state index is -0.264. The van der Waals surface area contributed by atoms with Crippen LogP contribution in [0.1, 0.15) is 6.42 Å². The number of fused-ring (bicyclic) bond motifs is 1. The maximum absolute atomic E-state index is 11.3. The molecule has 1 unspecified atom stereocenters. The number of likely N-dealkylation sites (tertiary alicyclic amines) is 1. The largest absolute Gasteiger partial charge is 0.366 e. The number of hydrogen-bond donors (Lipinski definition) is 2. The summed E-state index contributed by atoms with van der Waals surface area (Å²) in [6, 6.07) is 2.19. The molecule has 0 aromatic carbocycles. The molecule has 1 fully saturated rings. The molecule has 0 spiro atoms. The van der Waals surface area contributed by atoms with Crippen LogP contribution in [0.2, 0.25) is 0 Å². The Bertz CT molecular complexity index is 588. The third-order valence-corrected chi connectivity index (χ3v) is 3.05. The number of hydrogen-bond acceptors (Lipinski definition) is 5. The van der Waals surface area contributed by atoms with Crippen LogP contribution in [-0.2, 0) is 0 Å². The highest BCUT2D eigenvalue weighted by molar-refractivity contribution is 5.48. The van der Waals surface area contributed by atoms with Crippen LogP contribution in [-0.4, -0.2) is 50.7 Å². The van der Waals surface area contributed by atoms with E-state index in [0.29, 0.717) is 11.7 Å². The number of H-pyrrole nitrogens is 1. The summed E-state index contributed by atoms with van der Waals surface area (Å²) in [4.78, 5) is 17.7. The van der Waals surface area contributed by atoms with Gasteiger partial charge in [0.25, 0.3) is 0 Å². The first-order chi connectivity index (χ1) is 8.22. The molecule has 7 heteroatoms. The molecule has 2 aromatic heterocycles. The molecule has 0 amide bonds. The first-order valence-electron chi connectivity index (χ1n) is 5.60. The summed E-state index contributed by atoms with van der Waals surface area (Å²) in [6.45, 7) is 2.11. The van der Waals surface area contributed by atoms with Crippen molar-refractivity contribution in [3.8, 4) is 0 Å². The average molecular weight is 234 g/mol. The van der Waals surface area contributed by atoms with Crippen molar-refractivity contribution in [3.05, 3.63) is 22.9 Å². The summed E-state index contributed by atoms with van der Waals surface area (Å²) in [5.41, 5.74) is 0.318. The Labute approximate surface area is 97.5 Å². The molecular weight excluding hydrogens is 220 g/mol. The highest BCUT2D eigenvalue weighted by atomic mass is 16.1. The third-order valence-electron chi connectivity index (χ3n) is 3.05. The molecule has 17 heavy (non-hydrogen) atoms. The lowest BCUT2D eigenvalue weighted by atomic mass is 10.2. The molecule has 0 aliphatic carbocycles. The normalized spacial score (nSPS) is 21.1. The van der Waals surface area contributed by atoms with Gasteiger partial charge < -0.3 is 10.2 Å². The van der Waals surface area contributed by atoms with E-state index in [9.17, 15) is 4.79 Å². The number of aromatic amines is 1. The van der Waals surface area contributed by atoms with Crippen molar-refractivity contribution in [2.75, 3.05) is 25.5 Å². The van der Waals surface area contributed by atoms with E-state index in [4.69, 9.17) is 0 Å². The molecule has 0 saturated carbocycles. The fourth-order valence-electron chi connectivity index (χ4n) is 2.15. The van der Waals surface area contributed by atoms with Gasteiger partial charge in [-0.3, -0.25) is 0 Å². The third kappa shape index (κ3) is 1.89. The number of nitrogens with one attached hydrogen (secondary N) is 2. The van der Waals surface area contributed by atoms with E-state index in [1.54, 1.807) is 6.07 Å². The molecule has 1 aliphatic rings. The van der Waals surface area contributed by atoms with Crippen molar-refractivity contribution in [2.45, 2.75) is 12.5 Å². The van der Waals surface area contributed by atoms with Gasteiger partial charge in [0, 0.05) is 18.7 Å². The lowest BCUT2D eigenvalue weighted by Crippen LogP contribution is -2.24. The number of aromatic nitrogens is 4. The smallest absolute Gasteiger partial charge is 0.348 e. The van der Waals surface area contributed by atoms with E-state index in [1.165, 1.54) is 10.7 Å². The Hall–Kier alpha value is -1.89. The lowest BCUT2D eigenvalue weighted by molar-refractivity contribution is 0.414. The highest BCUT2D eigenvalue weighted by Gasteiger charge is 2.19. The van der Waals surface area contributed by atoms with Crippen molar-refractivity contribution in [1.82, 2.24) is 24.5 Å². The van der Waals surface area contributed by atoms with Crippen LogP contribution in [0.4, 0.5) is 5.82 Å². The molecular formula is C10H14N6O. The minimum Gasteiger partial charge on any atom is -0.366 e. The Balaban J connectivity index is 1.83. The summed E-state index contributed by atoms with van der Waals surface area (Å²) < 4.78 is 1.38. The Kier molecular flexibility index (Phi) is 2.32. The lowest BCUT2D eigenvalue weighted by Gasteiger charge is -2.12. The molecule has 0 radical (unpaired) electrons. The van der Waals surface area contributed by atoms with Gasteiger partial charge in [-0.2, -0.15) is 5.10 Å². The summed E-state index contributed by atoms with van der Waals surface area (Å²) in [7, 11) is 2.10. The summed E-state index contributed by atoms with van der Waals surface area (Å²) in [6.07, 6.45) is 2.60. The van der Waals surface area contributed by atoms with Crippen molar-refractivity contribution >= 4 is 11.5 Å². The molecule has 1 atom stereocenters. The second-order valence-electron chi connectivity index (χ2n) is 4.42. The summed E-state index contributed by atoms with van der Waals surface area (Å²) in [5.74, 6) is 0.761. The van der Waals surface area contributed by atoms with E-state index in [-0.39, 0.29) is 5.69 Å². The zero-order valence-corrected chi connectivity index (χ0v) is 9.55. The molecule has 1 saturated heterocycles. The molecule has 3 heterocycles. The number of anilines is 1. The molecule has 1 aliphatic heterocycles. The van der Waals surface area contributed by atoms with E-state index in [1.807, 2.05) is 0 Å². The number of likely N-dealkylation sites (N-methyl/N-ethyl adjacent to an activating group) is 1. The van der Waals surface area contributed by atoms with Gasteiger partial charge in [0.2, 0.25) is 0 Å². The van der Waals surface area contributed by atoms with Gasteiger partial charge in [0.05, 0.1) is 0 Å². The fourth-order valence-corrected chi connectivity index (χ4v) is 2.15. The number of nitrogens with zero attached hydrogens (tertiary/aromatic N) is 4. The van der Waals surface area contributed by atoms with Crippen LogP contribution in [0.25, 0.3) is 5.65 Å². The monoisotopic (exact) mass is 234 g/mol. The average Bonchev–Trinajstić information content (AvgIpc) is 2.87. The Morgan fingerprint density at radius 1 is 1.59 bits per heavy atom. The maximum Gasteiger partial charge on any atom is 0.348 e. The predicted molar refractivity (Wildman–Crippen MR) is 63.1 cm³/mol. The van der Waals surface area contributed by atoms with Crippen molar-refractivity contribution < 1.29 is 0 Å². The van der Waals surface area contributed by atoms with Crippen molar-refractivity contribution in [3.63, 3.8) is 0 Å². The highest BCUT2D eigenvalue weighted by Crippen LogP contribution is 2.13. The molecule has 3 rings (SSSR count). The standard InChI is InChI=1S/C10H14N6O/c1-15-3-2-7(5-15)12-8-4-9-13-14-10(17)16(9)6-11-8/h4,6-7,12H,2-3,5H2,1H3,(H,14,17). The predicted octanol–water partition coefficient (Wildman–Crippen LogP) is -0.466. The quantitative estimate of drug-likeness (QED) is 0.734. The van der Waals surface area contributed by atoms with Crippen LogP contribution in [0.3, 0.4) is 0 Å².